The van der Waals surface area contributed by atoms with Crippen LogP contribution in [0.15, 0.2) is 48.5 Å². The summed E-state index contributed by atoms with van der Waals surface area (Å²) in [7, 11) is 0. The first-order valence-electron chi connectivity index (χ1n) is 7.49. The molecule has 2 aromatic rings. The first-order valence-corrected chi connectivity index (χ1v) is 7.49. The van der Waals surface area contributed by atoms with Crippen molar-refractivity contribution in [1.82, 2.24) is 5.32 Å². The van der Waals surface area contributed by atoms with E-state index in [2.05, 4.69) is 5.32 Å². The van der Waals surface area contributed by atoms with Crippen LogP contribution in [-0.4, -0.2) is 23.0 Å². The van der Waals surface area contributed by atoms with Crippen LogP contribution in [-0.2, 0) is 11.2 Å². The molecule has 4 nitrogen and oxygen atoms in total. The van der Waals surface area contributed by atoms with Gasteiger partial charge in [0.05, 0.1) is 0 Å². The molecule has 2 rings (SSSR count). The van der Waals surface area contributed by atoms with Gasteiger partial charge in [-0.1, -0.05) is 30.3 Å². The average molecular weight is 333 g/mol. The molecule has 0 aliphatic rings. The van der Waals surface area contributed by atoms with Gasteiger partial charge in [0.15, 0.2) is 0 Å². The van der Waals surface area contributed by atoms with Gasteiger partial charge >= 0.3 is 5.97 Å². The van der Waals surface area contributed by atoms with Gasteiger partial charge in [0.25, 0.3) is 5.91 Å². The Balaban J connectivity index is 1.95. The number of rotatable bonds is 7. The molecule has 0 aliphatic heterocycles. The number of carbonyl (C=O) groups is 2. The Morgan fingerprint density at radius 3 is 2.25 bits per heavy atom. The van der Waals surface area contributed by atoms with Gasteiger partial charge < -0.3 is 10.4 Å². The van der Waals surface area contributed by atoms with Crippen molar-refractivity contribution in [3.8, 4) is 0 Å². The molecule has 0 unspecified atom stereocenters. The summed E-state index contributed by atoms with van der Waals surface area (Å²) < 4.78 is 26.3. The Morgan fingerprint density at radius 2 is 1.67 bits per heavy atom. The fraction of sp³-hybridized carbons (Fsp3) is 0.222. The molecule has 2 aromatic carbocycles. The van der Waals surface area contributed by atoms with Crippen LogP contribution in [0.5, 0.6) is 0 Å². The van der Waals surface area contributed by atoms with Crippen molar-refractivity contribution in [2.24, 2.45) is 0 Å². The van der Waals surface area contributed by atoms with E-state index in [4.69, 9.17) is 0 Å². The molecule has 24 heavy (non-hydrogen) atoms. The predicted octanol–water partition coefficient (Wildman–Crippen LogP) is 3.17. The molecule has 0 bridgehead atoms. The van der Waals surface area contributed by atoms with E-state index < -0.39 is 29.6 Å². The smallest absolute Gasteiger partial charge is 0.326 e. The van der Waals surface area contributed by atoms with E-state index in [-0.39, 0.29) is 12.0 Å². The van der Waals surface area contributed by atoms with Crippen LogP contribution < -0.4 is 5.32 Å². The zero-order valence-electron chi connectivity index (χ0n) is 12.8. The summed E-state index contributed by atoms with van der Waals surface area (Å²) in [6.45, 7) is 0. The van der Waals surface area contributed by atoms with Crippen molar-refractivity contribution < 1.29 is 23.5 Å². The molecule has 0 saturated heterocycles. The number of carboxylic acid groups (broad SMARTS) is 1. The maximum atomic E-state index is 13.1. The topological polar surface area (TPSA) is 66.4 Å². The van der Waals surface area contributed by atoms with Crippen molar-refractivity contribution in [3.05, 3.63) is 71.3 Å². The van der Waals surface area contributed by atoms with Gasteiger partial charge in [0.2, 0.25) is 0 Å². The van der Waals surface area contributed by atoms with Crippen LogP contribution in [0.4, 0.5) is 8.78 Å². The number of hydrogen-bond acceptors (Lipinski definition) is 2. The Bertz CT molecular complexity index is 699. The first kappa shape index (κ1) is 17.6. The van der Waals surface area contributed by atoms with Crippen molar-refractivity contribution >= 4 is 11.9 Å². The minimum atomic E-state index is -1.19. The Labute approximate surface area is 138 Å². The maximum Gasteiger partial charge on any atom is 0.326 e. The molecule has 1 atom stereocenters. The summed E-state index contributed by atoms with van der Waals surface area (Å²) >= 11 is 0. The lowest BCUT2D eigenvalue weighted by molar-refractivity contribution is -0.139. The van der Waals surface area contributed by atoms with Crippen LogP contribution in [0.25, 0.3) is 0 Å². The lowest BCUT2D eigenvalue weighted by Crippen LogP contribution is -2.40. The Hall–Kier alpha value is -2.76. The minimum absolute atomic E-state index is 0.216. The summed E-state index contributed by atoms with van der Waals surface area (Å²) in [5.74, 6) is -3.79. The second kappa shape index (κ2) is 8.19. The zero-order chi connectivity index (χ0) is 17.5. The van der Waals surface area contributed by atoms with Gasteiger partial charge in [0, 0.05) is 11.6 Å². The van der Waals surface area contributed by atoms with Gasteiger partial charge in [-0.2, -0.15) is 0 Å². The molecule has 0 radical (unpaired) electrons. The summed E-state index contributed by atoms with van der Waals surface area (Å²) in [5.41, 5.74) is 0.821. The van der Waals surface area contributed by atoms with Crippen molar-refractivity contribution in [3.63, 3.8) is 0 Å². The van der Waals surface area contributed by atoms with E-state index in [0.717, 1.165) is 17.7 Å². The molecule has 126 valence electrons. The summed E-state index contributed by atoms with van der Waals surface area (Å²) in [5, 5.41) is 11.5. The Kier molecular flexibility index (Phi) is 6.01. The third kappa shape index (κ3) is 5.15. The van der Waals surface area contributed by atoms with E-state index >= 15 is 0 Å². The molecule has 6 heteroatoms. The van der Waals surface area contributed by atoms with Crippen LogP contribution in [0, 0.1) is 11.6 Å². The highest BCUT2D eigenvalue weighted by Gasteiger charge is 2.21. The second-order valence-corrected chi connectivity index (χ2v) is 5.40. The normalized spacial score (nSPS) is 11.8. The molecular weight excluding hydrogens is 316 g/mol. The molecule has 0 aromatic heterocycles. The van der Waals surface area contributed by atoms with Crippen molar-refractivity contribution in [1.29, 1.82) is 0 Å². The monoisotopic (exact) mass is 333 g/mol. The average Bonchev–Trinajstić information content (AvgIpc) is 2.53. The van der Waals surface area contributed by atoms with E-state index in [0.29, 0.717) is 18.9 Å². The standard InChI is InChI=1S/C18H17F2NO3/c19-14-9-13(10-15(20)11-14)17(22)21-16(18(23)24)8-4-7-12-5-2-1-3-6-12/h1-3,5-6,9-11,16H,4,7-8H2,(H,21,22)(H,23,24)/t16-/m1/s1. The highest BCUT2D eigenvalue weighted by atomic mass is 19.1. The molecule has 0 spiro atoms. The Morgan fingerprint density at radius 1 is 1.04 bits per heavy atom. The van der Waals surface area contributed by atoms with Crippen LogP contribution in [0.2, 0.25) is 0 Å². The first-order chi connectivity index (χ1) is 11.5. The second-order valence-electron chi connectivity index (χ2n) is 5.40. The van der Waals surface area contributed by atoms with Gasteiger partial charge in [-0.25, -0.2) is 13.6 Å². The van der Waals surface area contributed by atoms with Crippen LogP contribution in [0.3, 0.4) is 0 Å². The summed E-state index contributed by atoms with van der Waals surface area (Å²) in [6, 6.07) is 10.8. The number of aliphatic carboxylic acids is 1. The third-order valence-corrected chi connectivity index (χ3v) is 3.53. The number of halogens is 2. The number of carbonyl (C=O) groups excluding carboxylic acids is 1. The fourth-order valence-corrected chi connectivity index (χ4v) is 2.34. The SMILES string of the molecule is O=C(N[C@H](CCCc1ccccc1)C(=O)O)c1cc(F)cc(F)c1. The van der Waals surface area contributed by atoms with E-state index in [1.807, 2.05) is 30.3 Å². The molecule has 0 fully saturated rings. The summed E-state index contributed by atoms with van der Waals surface area (Å²) in [6.07, 6.45) is 1.45. The van der Waals surface area contributed by atoms with Crippen LogP contribution >= 0.6 is 0 Å². The summed E-state index contributed by atoms with van der Waals surface area (Å²) in [4.78, 5) is 23.3. The number of amides is 1. The van der Waals surface area contributed by atoms with Gasteiger partial charge in [-0.3, -0.25) is 4.79 Å². The highest BCUT2D eigenvalue weighted by molar-refractivity contribution is 5.96. The lowest BCUT2D eigenvalue weighted by Gasteiger charge is -2.14. The minimum Gasteiger partial charge on any atom is -0.480 e. The molecule has 0 heterocycles. The number of aryl methyl sites for hydroxylation is 1. The maximum absolute atomic E-state index is 13.1. The van der Waals surface area contributed by atoms with E-state index in [9.17, 15) is 23.5 Å². The number of carboxylic acids is 1. The zero-order valence-corrected chi connectivity index (χ0v) is 12.8. The molecule has 2 N–H and O–H groups in total. The fourth-order valence-electron chi connectivity index (χ4n) is 2.34. The van der Waals surface area contributed by atoms with Gasteiger partial charge in [0.1, 0.15) is 17.7 Å². The van der Waals surface area contributed by atoms with Crippen molar-refractivity contribution in [2.45, 2.75) is 25.3 Å². The quantitative estimate of drug-likeness (QED) is 0.818. The van der Waals surface area contributed by atoms with Gasteiger partial charge in [-0.15, -0.1) is 0 Å². The van der Waals surface area contributed by atoms with Gasteiger partial charge in [-0.05, 0) is 37.0 Å². The van der Waals surface area contributed by atoms with Crippen molar-refractivity contribution in [2.75, 3.05) is 0 Å². The molecular formula is C18H17F2NO3. The largest absolute Gasteiger partial charge is 0.480 e. The number of hydrogen-bond donors (Lipinski definition) is 2. The number of nitrogens with one attached hydrogen (secondary N) is 1. The number of benzene rings is 2. The lowest BCUT2D eigenvalue weighted by atomic mass is 10.0. The molecule has 1 amide bonds. The van der Waals surface area contributed by atoms with E-state index in [1.54, 1.807) is 0 Å². The highest BCUT2D eigenvalue weighted by Crippen LogP contribution is 2.10. The molecule has 0 aliphatic carbocycles. The van der Waals surface area contributed by atoms with Crippen LogP contribution in [0.1, 0.15) is 28.8 Å². The predicted molar refractivity (Wildman–Crippen MR) is 84.6 cm³/mol. The molecule has 0 saturated carbocycles. The van der Waals surface area contributed by atoms with E-state index in [1.165, 1.54) is 0 Å². The third-order valence-electron chi connectivity index (χ3n) is 3.53.